The maximum atomic E-state index is 6.01. The lowest BCUT2D eigenvalue weighted by Gasteiger charge is -2.11. The van der Waals surface area contributed by atoms with E-state index in [1.807, 2.05) is 0 Å². The van der Waals surface area contributed by atoms with Gasteiger partial charge in [-0.2, -0.15) is 0 Å². The Morgan fingerprint density at radius 1 is 0.833 bits per heavy atom. The summed E-state index contributed by atoms with van der Waals surface area (Å²) >= 11 is 23.9. The molecule has 94 valence electrons. The molecule has 0 saturated carbocycles. The molecule has 0 aliphatic rings. The molecule has 0 aromatic heterocycles. The third kappa shape index (κ3) is 2.96. The summed E-state index contributed by atoms with van der Waals surface area (Å²) in [7, 11) is 0. The number of rotatable bonds is 2. The number of anilines is 1. The van der Waals surface area contributed by atoms with Crippen molar-refractivity contribution in [2.45, 2.75) is 0 Å². The fraction of sp³-hybridized carbons (Fsp3) is 0. The van der Waals surface area contributed by atoms with Crippen LogP contribution in [0.15, 0.2) is 30.3 Å². The summed E-state index contributed by atoms with van der Waals surface area (Å²) in [4.78, 5) is 0. The molecule has 18 heavy (non-hydrogen) atoms. The summed E-state index contributed by atoms with van der Waals surface area (Å²) in [6, 6.07) is 7.94. The van der Waals surface area contributed by atoms with Gasteiger partial charge in [0.2, 0.25) is 0 Å². The third-order valence-electron chi connectivity index (χ3n) is 2.13. The molecule has 2 N–H and O–H groups in total. The molecule has 0 bridgehead atoms. The first kappa shape index (κ1) is 13.6. The van der Waals surface area contributed by atoms with Crippen molar-refractivity contribution in [3.63, 3.8) is 0 Å². The van der Waals surface area contributed by atoms with Gasteiger partial charge in [-0.25, -0.2) is 0 Å². The number of nitrogens with two attached hydrogens (primary N) is 1. The van der Waals surface area contributed by atoms with E-state index in [1.165, 1.54) is 0 Å². The number of hydrogen-bond donors (Lipinski definition) is 1. The molecule has 0 unspecified atom stereocenters. The van der Waals surface area contributed by atoms with Crippen LogP contribution in [-0.2, 0) is 0 Å². The van der Waals surface area contributed by atoms with Crippen LogP contribution in [0.5, 0.6) is 11.5 Å². The summed E-state index contributed by atoms with van der Waals surface area (Å²) in [6.07, 6.45) is 0. The second kappa shape index (κ2) is 5.45. The van der Waals surface area contributed by atoms with Gasteiger partial charge in [-0.3, -0.25) is 0 Å². The van der Waals surface area contributed by atoms with Gasteiger partial charge in [-0.1, -0.05) is 46.4 Å². The lowest BCUT2D eigenvalue weighted by atomic mass is 10.3. The molecule has 0 radical (unpaired) electrons. The second-order valence-electron chi connectivity index (χ2n) is 3.49. The fourth-order valence-electron chi connectivity index (χ4n) is 1.34. The molecule has 2 nitrogen and oxygen atoms in total. The fourth-order valence-corrected chi connectivity index (χ4v) is 2.24. The van der Waals surface area contributed by atoms with Crippen molar-refractivity contribution in [2.75, 3.05) is 5.73 Å². The summed E-state index contributed by atoms with van der Waals surface area (Å²) in [5.41, 5.74) is 6.06. The monoisotopic (exact) mass is 321 g/mol. The zero-order valence-corrected chi connectivity index (χ0v) is 11.9. The number of ether oxygens (including phenoxy) is 1. The predicted molar refractivity (Wildman–Crippen MR) is 77.4 cm³/mol. The molecule has 0 saturated heterocycles. The molecule has 0 amide bonds. The molecule has 0 heterocycles. The zero-order valence-electron chi connectivity index (χ0n) is 8.88. The molecule has 0 atom stereocenters. The van der Waals surface area contributed by atoms with Crippen LogP contribution in [0.2, 0.25) is 20.1 Å². The van der Waals surface area contributed by atoms with E-state index < -0.39 is 0 Å². The number of benzene rings is 2. The van der Waals surface area contributed by atoms with Crippen molar-refractivity contribution in [3.05, 3.63) is 50.4 Å². The quantitative estimate of drug-likeness (QED) is 0.722. The molecular weight excluding hydrogens is 316 g/mol. The molecule has 2 aromatic rings. The van der Waals surface area contributed by atoms with Gasteiger partial charge < -0.3 is 10.5 Å². The van der Waals surface area contributed by atoms with Gasteiger partial charge in [0.25, 0.3) is 0 Å². The maximum Gasteiger partial charge on any atom is 0.164 e. The van der Waals surface area contributed by atoms with E-state index in [2.05, 4.69) is 0 Å². The maximum absolute atomic E-state index is 6.01. The minimum absolute atomic E-state index is 0.289. The van der Waals surface area contributed by atoms with Crippen LogP contribution in [0.4, 0.5) is 5.69 Å². The van der Waals surface area contributed by atoms with Gasteiger partial charge in [0, 0.05) is 16.8 Å². The molecule has 0 spiro atoms. The minimum atomic E-state index is 0.289. The average molecular weight is 323 g/mol. The first-order valence-electron chi connectivity index (χ1n) is 4.85. The first-order valence-corrected chi connectivity index (χ1v) is 6.36. The highest BCUT2D eigenvalue weighted by Gasteiger charge is 2.12. The van der Waals surface area contributed by atoms with Gasteiger partial charge in [0.1, 0.15) is 5.75 Å². The van der Waals surface area contributed by atoms with Crippen molar-refractivity contribution in [1.29, 1.82) is 0 Å². The van der Waals surface area contributed by atoms with Crippen LogP contribution in [0, 0.1) is 0 Å². The second-order valence-corrected chi connectivity index (χ2v) is 5.15. The van der Waals surface area contributed by atoms with Gasteiger partial charge in [0.05, 0.1) is 15.1 Å². The Kier molecular flexibility index (Phi) is 4.13. The Morgan fingerprint density at radius 2 is 1.44 bits per heavy atom. The molecule has 0 aliphatic carbocycles. The smallest absolute Gasteiger partial charge is 0.164 e. The van der Waals surface area contributed by atoms with E-state index in [1.54, 1.807) is 30.3 Å². The topological polar surface area (TPSA) is 35.2 Å². The van der Waals surface area contributed by atoms with Crippen LogP contribution < -0.4 is 10.5 Å². The van der Waals surface area contributed by atoms with Gasteiger partial charge in [-0.05, 0) is 24.3 Å². The van der Waals surface area contributed by atoms with Gasteiger partial charge in [-0.15, -0.1) is 0 Å². The normalized spacial score (nSPS) is 10.4. The van der Waals surface area contributed by atoms with Crippen molar-refractivity contribution in [1.82, 2.24) is 0 Å². The highest BCUT2D eigenvalue weighted by molar-refractivity contribution is 6.38. The molecule has 0 fully saturated rings. The minimum Gasteiger partial charge on any atom is -0.453 e. The van der Waals surface area contributed by atoms with Crippen molar-refractivity contribution in [3.8, 4) is 11.5 Å². The molecule has 6 heteroatoms. The third-order valence-corrected chi connectivity index (χ3v) is 3.23. The number of nitrogen functional groups attached to an aromatic ring is 1. The van der Waals surface area contributed by atoms with E-state index in [0.29, 0.717) is 31.5 Å². The van der Waals surface area contributed by atoms with E-state index in [0.717, 1.165) is 0 Å². The predicted octanol–water partition coefficient (Wildman–Crippen LogP) is 5.67. The first-order chi connectivity index (χ1) is 8.47. The molecular formula is C12H7Cl4NO. The van der Waals surface area contributed by atoms with Gasteiger partial charge >= 0.3 is 0 Å². The lowest BCUT2D eigenvalue weighted by molar-refractivity contribution is 0.483. The van der Waals surface area contributed by atoms with E-state index in [9.17, 15) is 0 Å². The number of hydrogen-bond acceptors (Lipinski definition) is 2. The Balaban J connectivity index is 2.43. The van der Waals surface area contributed by atoms with Crippen molar-refractivity contribution in [2.24, 2.45) is 0 Å². The Hall–Kier alpha value is -0.800. The Labute approximate surface area is 124 Å². The van der Waals surface area contributed by atoms with Crippen LogP contribution in [0.3, 0.4) is 0 Å². The zero-order chi connectivity index (χ0) is 13.3. The average Bonchev–Trinajstić information content (AvgIpc) is 2.28. The Bertz CT molecular complexity index is 578. The standard InChI is InChI=1S/C12H7Cl4NO/c13-6-1-2-8(14)11(3-6)18-12-9(15)4-7(17)5-10(12)16/h1-5H,17H2. The van der Waals surface area contributed by atoms with Crippen LogP contribution in [0.1, 0.15) is 0 Å². The van der Waals surface area contributed by atoms with Crippen LogP contribution in [-0.4, -0.2) is 0 Å². The molecule has 2 aromatic carbocycles. The van der Waals surface area contributed by atoms with Crippen LogP contribution in [0.25, 0.3) is 0 Å². The highest BCUT2D eigenvalue weighted by atomic mass is 35.5. The number of halogens is 4. The van der Waals surface area contributed by atoms with E-state index >= 15 is 0 Å². The SMILES string of the molecule is Nc1cc(Cl)c(Oc2cc(Cl)ccc2Cl)c(Cl)c1. The Morgan fingerprint density at radius 3 is 2.06 bits per heavy atom. The highest BCUT2D eigenvalue weighted by Crippen LogP contribution is 2.40. The van der Waals surface area contributed by atoms with E-state index in [-0.39, 0.29) is 5.75 Å². The molecule has 2 rings (SSSR count). The molecule has 0 aliphatic heterocycles. The van der Waals surface area contributed by atoms with E-state index in [4.69, 9.17) is 56.9 Å². The van der Waals surface area contributed by atoms with Gasteiger partial charge in [0.15, 0.2) is 5.75 Å². The van der Waals surface area contributed by atoms with Crippen LogP contribution >= 0.6 is 46.4 Å². The largest absolute Gasteiger partial charge is 0.453 e. The van der Waals surface area contributed by atoms with Crippen molar-refractivity contribution >= 4 is 52.1 Å². The summed E-state index contributed by atoms with van der Waals surface area (Å²) in [5.74, 6) is 0.662. The lowest BCUT2D eigenvalue weighted by Crippen LogP contribution is -1.91. The summed E-state index contributed by atoms with van der Waals surface area (Å²) < 4.78 is 5.57. The summed E-state index contributed by atoms with van der Waals surface area (Å²) in [6.45, 7) is 0. The van der Waals surface area contributed by atoms with Crippen molar-refractivity contribution < 1.29 is 4.74 Å². The summed E-state index contributed by atoms with van der Waals surface area (Å²) in [5, 5.41) is 1.51.